The largest absolute Gasteiger partial charge is 0.495 e. The number of nitrogens with two attached hydrogens (primary N) is 1. The van der Waals surface area contributed by atoms with Gasteiger partial charge in [0, 0.05) is 18.8 Å². The van der Waals surface area contributed by atoms with Gasteiger partial charge in [-0.05, 0) is 43.2 Å². The Labute approximate surface area is 136 Å². The number of amides is 1. The fraction of sp³-hybridized carbons (Fsp3) is 0.278. The highest BCUT2D eigenvalue weighted by Gasteiger charge is 2.22. The zero-order valence-corrected chi connectivity index (χ0v) is 13.2. The van der Waals surface area contributed by atoms with Crippen LogP contribution in [0.5, 0.6) is 5.75 Å². The molecule has 0 radical (unpaired) electrons. The van der Waals surface area contributed by atoms with Crippen molar-refractivity contribution in [2.45, 2.75) is 12.8 Å². The maximum absolute atomic E-state index is 12.8. The Morgan fingerprint density at radius 3 is 2.61 bits per heavy atom. The Morgan fingerprint density at radius 1 is 1.13 bits per heavy atom. The van der Waals surface area contributed by atoms with Crippen LogP contribution in [0.2, 0.25) is 0 Å². The lowest BCUT2D eigenvalue weighted by Gasteiger charge is -2.19. The lowest BCUT2D eigenvalue weighted by Crippen LogP contribution is -2.28. The fourth-order valence-corrected chi connectivity index (χ4v) is 2.83. The molecular formula is C18H21N3O2. The molecule has 1 aliphatic heterocycles. The molecule has 3 N–H and O–H groups in total. The summed E-state index contributed by atoms with van der Waals surface area (Å²) in [6, 6.07) is 13.0. The van der Waals surface area contributed by atoms with E-state index in [1.807, 2.05) is 35.2 Å². The zero-order chi connectivity index (χ0) is 16.2. The highest BCUT2D eigenvalue weighted by molar-refractivity contribution is 6.01. The summed E-state index contributed by atoms with van der Waals surface area (Å²) in [5.74, 6) is 0.746. The quantitative estimate of drug-likeness (QED) is 0.851. The Hall–Kier alpha value is -2.69. The molecule has 23 heavy (non-hydrogen) atoms. The smallest absolute Gasteiger partial charge is 0.256 e. The maximum Gasteiger partial charge on any atom is 0.256 e. The van der Waals surface area contributed by atoms with Crippen LogP contribution in [0.1, 0.15) is 23.2 Å². The van der Waals surface area contributed by atoms with E-state index in [9.17, 15) is 4.79 Å². The van der Waals surface area contributed by atoms with Gasteiger partial charge in [-0.25, -0.2) is 0 Å². The second kappa shape index (κ2) is 6.60. The monoisotopic (exact) mass is 311 g/mol. The van der Waals surface area contributed by atoms with Crippen LogP contribution in [-0.4, -0.2) is 31.0 Å². The molecule has 0 aromatic heterocycles. The van der Waals surface area contributed by atoms with E-state index in [2.05, 4.69) is 5.32 Å². The van der Waals surface area contributed by atoms with E-state index in [4.69, 9.17) is 10.5 Å². The van der Waals surface area contributed by atoms with E-state index in [0.717, 1.165) is 43.1 Å². The van der Waals surface area contributed by atoms with Crippen molar-refractivity contribution in [2.24, 2.45) is 0 Å². The summed E-state index contributed by atoms with van der Waals surface area (Å²) in [6.45, 7) is 1.61. The van der Waals surface area contributed by atoms with Crippen LogP contribution in [0.25, 0.3) is 0 Å². The topological polar surface area (TPSA) is 67.6 Å². The van der Waals surface area contributed by atoms with E-state index < -0.39 is 0 Å². The molecule has 1 fully saturated rings. The molecule has 0 aliphatic carbocycles. The van der Waals surface area contributed by atoms with Gasteiger partial charge in [-0.3, -0.25) is 4.79 Å². The van der Waals surface area contributed by atoms with Crippen molar-refractivity contribution in [3.63, 3.8) is 0 Å². The molecule has 0 spiro atoms. The number of ether oxygens (including phenoxy) is 1. The Kier molecular flexibility index (Phi) is 4.37. The van der Waals surface area contributed by atoms with Gasteiger partial charge in [0.2, 0.25) is 0 Å². The number of hydrogen-bond donors (Lipinski definition) is 2. The number of hydrogen-bond acceptors (Lipinski definition) is 4. The van der Waals surface area contributed by atoms with E-state index in [1.165, 1.54) is 0 Å². The standard InChI is InChI=1S/C18H21N3O2/c1-23-17-7-3-2-6-16(17)20-15-9-8-13(19)12-14(15)18(22)21-10-4-5-11-21/h2-3,6-9,12,20H,4-5,10-11,19H2,1H3. The number of nitrogens with zero attached hydrogens (tertiary/aromatic N) is 1. The summed E-state index contributed by atoms with van der Waals surface area (Å²) in [7, 11) is 1.62. The van der Waals surface area contributed by atoms with E-state index in [0.29, 0.717) is 11.3 Å². The molecular weight excluding hydrogens is 290 g/mol. The maximum atomic E-state index is 12.8. The molecule has 0 unspecified atom stereocenters. The van der Waals surface area contributed by atoms with Gasteiger partial charge in [0.1, 0.15) is 5.75 Å². The molecule has 5 nitrogen and oxygen atoms in total. The summed E-state index contributed by atoms with van der Waals surface area (Å²) in [4.78, 5) is 14.6. The van der Waals surface area contributed by atoms with Crippen LogP contribution >= 0.6 is 0 Å². The second-order valence-corrected chi connectivity index (χ2v) is 5.63. The summed E-state index contributed by atoms with van der Waals surface area (Å²) < 4.78 is 5.36. The number of rotatable bonds is 4. The SMILES string of the molecule is COc1ccccc1Nc1ccc(N)cc1C(=O)N1CCCC1. The van der Waals surface area contributed by atoms with Gasteiger partial charge in [0.15, 0.2) is 0 Å². The molecule has 1 saturated heterocycles. The minimum Gasteiger partial charge on any atom is -0.495 e. The third-order valence-electron chi connectivity index (χ3n) is 4.04. The van der Waals surface area contributed by atoms with Crippen LogP contribution in [0, 0.1) is 0 Å². The van der Waals surface area contributed by atoms with Crippen LogP contribution in [-0.2, 0) is 0 Å². The van der Waals surface area contributed by atoms with Crippen LogP contribution in [0.4, 0.5) is 17.1 Å². The first-order valence-corrected chi connectivity index (χ1v) is 7.78. The predicted octanol–water partition coefficient (Wildman–Crippen LogP) is 3.26. The Bertz CT molecular complexity index is 709. The van der Waals surface area contributed by atoms with Crippen molar-refractivity contribution < 1.29 is 9.53 Å². The van der Waals surface area contributed by atoms with Gasteiger partial charge in [0.05, 0.1) is 24.0 Å². The molecule has 3 rings (SSSR count). The van der Waals surface area contributed by atoms with Crippen LogP contribution in [0.3, 0.4) is 0 Å². The molecule has 1 heterocycles. The number of methoxy groups -OCH3 is 1. The number of nitrogen functional groups attached to an aromatic ring is 1. The normalized spacial score (nSPS) is 13.9. The van der Waals surface area contributed by atoms with Gasteiger partial charge < -0.3 is 20.7 Å². The van der Waals surface area contributed by atoms with Crippen molar-refractivity contribution >= 4 is 23.0 Å². The van der Waals surface area contributed by atoms with Crippen molar-refractivity contribution in [3.05, 3.63) is 48.0 Å². The van der Waals surface area contributed by atoms with E-state index >= 15 is 0 Å². The first-order chi connectivity index (χ1) is 11.2. The minimum absolute atomic E-state index is 0.0206. The number of nitrogens with one attached hydrogen (secondary N) is 1. The zero-order valence-electron chi connectivity index (χ0n) is 13.2. The number of carbonyl (C=O) groups is 1. The average Bonchev–Trinajstić information content (AvgIpc) is 3.11. The van der Waals surface area contributed by atoms with E-state index in [1.54, 1.807) is 19.2 Å². The summed E-state index contributed by atoms with van der Waals surface area (Å²) in [5, 5.41) is 3.30. The van der Waals surface area contributed by atoms with Crippen molar-refractivity contribution in [3.8, 4) is 5.75 Å². The highest BCUT2D eigenvalue weighted by Crippen LogP contribution is 2.30. The molecule has 2 aromatic carbocycles. The van der Waals surface area contributed by atoms with Crippen molar-refractivity contribution in [1.82, 2.24) is 4.90 Å². The number of para-hydroxylation sites is 2. The lowest BCUT2D eigenvalue weighted by molar-refractivity contribution is 0.0794. The molecule has 0 saturated carbocycles. The summed E-state index contributed by atoms with van der Waals surface area (Å²) >= 11 is 0. The Morgan fingerprint density at radius 2 is 1.87 bits per heavy atom. The molecule has 1 aliphatic rings. The number of likely N-dealkylation sites (tertiary alicyclic amines) is 1. The third-order valence-corrected chi connectivity index (χ3v) is 4.04. The average molecular weight is 311 g/mol. The van der Waals surface area contributed by atoms with Gasteiger partial charge in [-0.1, -0.05) is 12.1 Å². The van der Waals surface area contributed by atoms with Crippen molar-refractivity contribution in [1.29, 1.82) is 0 Å². The van der Waals surface area contributed by atoms with Gasteiger partial charge in [-0.2, -0.15) is 0 Å². The minimum atomic E-state index is 0.0206. The molecule has 1 amide bonds. The van der Waals surface area contributed by atoms with Crippen molar-refractivity contribution in [2.75, 3.05) is 31.2 Å². The van der Waals surface area contributed by atoms with Gasteiger partial charge >= 0.3 is 0 Å². The number of benzene rings is 2. The van der Waals surface area contributed by atoms with Gasteiger partial charge in [-0.15, -0.1) is 0 Å². The molecule has 120 valence electrons. The lowest BCUT2D eigenvalue weighted by atomic mass is 10.1. The number of carbonyl (C=O) groups excluding carboxylic acids is 1. The molecule has 0 atom stereocenters. The molecule has 5 heteroatoms. The molecule has 2 aromatic rings. The molecule has 0 bridgehead atoms. The predicted molar refractivity (Wildman–Crippen MR) is 92.3 cm³/mol. The first kappa shape index (κ1) is 15.2. The Balaban J connectivity index is 1.94. The van der Waals surface area contributed by atoms with Crippen LogP contribution < -0.4 is 15.8 Å². The first-order valence-electron chi connectivity index (χ1n) is 7.78. The third kappa shape index (κ3) is 3.23. The summed E-state index contributed by atoms with van der Waals surface area (Å²) in [6.07, 6.45) is 2.12. The number of anilines is 3. The summed E-state index contributed by atoms with van der Waals surface area (Å²) in [5.41, 5.74) is 8.62. The second-order valence-electron chi connectivity index (χ2n) is 5.63. The van der Waals surface area contributed by atoms with E-state index in [-0.39, 0.29) is 5.91 Å². The van der Waals surface area contributed by atoms with Crippen LogP contribution in [0.15, 0.2) is 42.5 Å². The highest BCUT2D eigenvalue weighted by atomic mass is 16.5. The van der Waals surface area contributed by atoms with Gasteiger partial charge in [0.25, 0.3) is 5.91 Å². The fourth-order valence-electron chi connectivity index (χ4n) is 2.83.